The molecule has 1 heterocycles. The van der Waals surface area contributed by atoms with Gasteiger partial charge in [0, 0.05) is 6.61 Å². The molecule has 94 valence electrons. The lowest BCUT2D eigenvalue weighted by atomic mass is 9.92. The van der Waals surface area contributed by atoms with E-state index in [9.17, 15) is 18.0 Å². The molecule has 0 aromatic carbocycles. The number of nitrogens with zero attached hydrogens (tertiary/aromatic N) is 1. The van der Waals surface area contributed by atoms with Crippen molar-refractivity contribution in [2.24, 2.45) is 0 Å². The zero-order valence-electron chi connectivity index (χ0n) is 8.97. The smallest absolute Gasteiger partial charge is 0.362 e. The Morgan fingerprint density at radius 3 is 2.38 bits per heavy atom. The zero-order valence-corrected chi connectivity index (χ0v) is 9.73. The number of alkyl halides is 4. The van der Waals surface area contributed by atoms with Crippen molar-refractivity contribution in [3.8, 4) is 0 Å². The van der Waals surface area contributed by atoms with E-state index in [4.69, 9.17) is 16.3 Å². The summed E-state index contributed by atoms with van der Waals surface area (Å²) in [6, 6.07) is 0. The first-order valence-electron chi connectivity index (χ1n) is 4.87. The summed E-state index contributed by atoms with van der Waals surface area (Å²) < 4.78 is 42.8. The van der Waals surface area contributed by atoms with Crippen LogP contribution in [0.1, 0.15) is 13.8 Å². The van der Waals surface area contributed by atoms with Crippen LogP contribution in [-0.4, -0.2) is 47.7 Å². The SMILES string of the molecule is CCOC1(C(F)(F)F)CN(C(=O)C(C)Cl)C1. The second-order valence-corrected chi connectivity index (χ2v) is 4.39. The predicted molar refractivity (Wildman–Crippen MR) is 52.3 cm³/mol. The number of ether oxygens (including phenoxy) is 1. The molecule has 3 nitrogen and oxygen atoms in total. The highest BCUT2D eigenvalue weighted by molar-refractivity contribution is 6.30. The van der Waals surface area contributed by atoms with E-state index < -0.39 is 36.2 Å². The van der Waals surface area contributed by atoms with Crippen molar-refractivity contribution in [1.29, 1.82) is 0 Å². The summed E-state index contributed by atoms with van der Waals surface area (Å²) >= 11 is 5.51. The highest BCUT2D eigenvalue weighted by Gasteiger charge is 2.64. The summed E-state index contributed by atoms with van der Waals surface area (Å²) in [7, 11) is 0. The van der Waals surface area contributed by atoms with E-state index in [1.807, 2.05) is 0 Å². The Hall–Kier alpha value is -0.490. The molecule has 1 fully saturated rings. The van der Waals surface area contributed by atoms with Gasteiger partial charge in [0.05, 0.1) is 13.1 Å². The molecule has 0 radical (unpaired) electrons. The summed E-state index contributed by atoms with van der Waals surface area (Å²) in [6.45, 7) is 1.93. The van der Waals surface area contributed by atoms with E-state index >= 15 is 0 Å². The molecule has 1 rings (SSSR count). The lowest BCUT2D eigenvalue weighted by Crippen LogP contribution is -2.72. The van der Waals surface area contributed by atoms with Gasteiger partial charge in [-0.3, -0.25) is 4.79 Å². The molecule has 1 aliphatic heterocycles. The van der Waals surface area contributed by atoms with E-state index in [1.165, 1.54) is 13.8 Å². The molecule has 1 aliphatic rings. The highest BCUT2D eigenvalue weighted by atomic mass is 35.5. The molecule has 1 atom stereocenters. The lowest BCUT2D eigenvalue weighted by Gasteiger charge is -2.50. The Morgan fingerprint density at radius 1 is 1.56 bits per heavy atom. The van der Waals surface area contributed by atoms with Gasteiger partial charge in [0.1, 0.15) is 5.38 Å². The van der Waals surface area contributed by atoms with Crippen LogP contribution in [0, 0.1) is 0 Å². The second-order valence-electron chi connectivity index (χ2n) is 3.74. The topological polar surface area (TPSA) is 29.5 Å². The van der Waals surface area contributed by atoms with E-state index in [2.05, 4.69) is 0 Å². The van der Waals surface area contributed by atoms with E-state index in [-0.39, 0.29) is 6.61 Å². The number of hydrogen-bond donors (Lipinski definition) is 0. The first kappa shape index (κ1) is 13.6. The van der Waals surface area contributed by atoms with Crippen LogP contribution in [0.15, 0.2) is 0 Å². The molecule has 0 saturated carbocycles. The maximum Gasteiger partial charge on any atom is 0.420 e. The fourth-order valence-electron chi connectivity index (χ4n) is 1.61. The van der Waals surface area contributed by atoms with Gasteiger partial charge in [-0.05, 0) is 13.8 Å². The van der Waals surface area contributed by atoms with Crippen LogP contribution in [-0.2, 0) is 9.53 Å². The van der Waals surface area contributed by atoms with Crippen molar-refractivity contribution in [3.05, 3.63) is 0 Å². The second kappa shape index (κ2) is 4.41. The fraction of sp³-hybridized carbons (Fsp3) is 0.889. The maximum atomic E-state index is 12.7. The number of carbonyl (C=O) groups is 1. The molecule has 0 bridgehead atoms. The van der Waals surface area contributed by atoms with Gasteiger partial charge in [0.2, 0.25) is 5.91 Å². The van der Waals surface area contributed by atoms with Crippen LogP contribution >= 0.6 is 11.6 Å². The van der Waals surface area contributed by atoms with Gasteiger partial charge < -0.3 is 9.64 Å². The number of likely N-dealkylation sites (tertiary alicyclic amines) is 1. The Bertz CT molecular complexity index is 274. The van der Waals surface area contributed by atoms with E-state index in [0.717, 1.165) is 4.90 Å². The van der Waals surface area contributed by atoms with Crippen molar-refractivity contribution in [2.75, 3.05) is 19.7 Å². The summed E-state index contributed by atoms with van der Waals surface area (Å²) in [5.74, 6) is -0.499. The molecule has 1 unspecified atom stereocenters. The van der Waals surface area contributed by atoms with E-state index in [0.29, 0.717) is 0 Å². The Kier molecular flexibility index (Phi) is 3.74. The van der Waals surface area contributed by atoms with Gasteiger partial charge in [-0.1, -0.05) is 0 Å². The normalized spacial score (nSPS) is 21.5. The minimum absolute atomic E-state index is 0.0437. The van der Waals surface area contributed by atoms with Crippen LogP contribution in [0.2, 0.25) is 0 Å². The van der Waals surface area contributed by atoms with Gasteiger partial charge in [0.25, 0.3) is 0 Å². The third-order valence-electron chi connectivity index (χ3n) is 2.48. The Balaban J connectivity index is 2.67. The molecule has 0 N–H and O–H groups in total. The van der Waals surface area contributed by atoms with Gasteiger partial charge >= 0.3 is 6.18 Å². The van der Waals surface area contributed by atoms with Crippen molar-refractivity contribution in [2.45, 2.75) is 31.0 Å². The van der Waals surface area contributed by atoms with Crippen molar-refractivity contribution >= 4 is 17.5 Å². The summed E-state index contributed by atoms with van der Waals surface area (Å²) in [5, 5.41) is -0.812. The monoisotopic (exact) mass is 259 g/mol. The molecular weight excluding hydrogens is 247 g/mol. The standard InChI is InChI=1S/C9H13ClF3NO2/c1-3-16-8(9(11,12)13)4-14(5-8)7(15)6(2)10/h6H,3-5H2,1-2H3. The molecule has 0 aliphatic carbocycles. The fourth-order valence-corrected chi connectivity index (χ4v) is 1.74. The maximum absolute atomic E-state index is 12.7. The van der Waals surface area contributed by atoms with Crippen molar-refractivity contribution < 1.29 is 22.7 Å². The average Bonchev–Trinajstić information content (AvgIpc) is 2.07. The van der Waals surface area contributed by atoms with Crippen LogP contribution in [0.4, 0.5) is 13.2 Å². The minimum Gasteiger partial charge on any atom is -0.362 e. The first-order chi connectivity index (χ1) is 7.23. The molecule has 0 aromatic heterocycles. The molecule has 0 spiro atoms. The van der Waals surface area contributed by atoms with Crippen LogP contribution in [0.5, 0.6) is 0 Å². The molecule has 0 aromatic rings. The summed E-state index contributed by atoms with van der Waals surface area (Å²) in [6.07, 6.45) is -4.46. The molecule has 16 heavy (non-hydrogen) atoms. The predicted octanol–water partition coefficient (Wildman–Crippen LogP) is 1.79. The number of amides is 1. The number of hydrogen-bond acceptors (Lipinski definition) is 2. The summed E-state index contributed by atoms with van der Waals surface area (Å²) in [5.41, 5.74) is -2.21. The average molecular weight is 260 g/mol. The molecule has 7 heteroatoms. The zero-order chi connectivity index (χ0) is 12.6. The van der Waals surface area contributed by atoms with Gasteiger partial charge in [-0.2, -0.15) is 13.2 Å². The molecular formula is C9H13ClF3NO2. The van der Waals surface area contributed by atoms with Crippen LogP contribution < -0.4 is 0 Å². The largest absolute Gasteiger partial charge is 0.420 e. The number of carbonyl (C=O) groups excluding carboxylic acids is 1. The lowest BCUT2D eigenvalue weighted by molar-refractivity contribution is -0.313. The Morgan fingerprint density at radius 2 is 2.06 bits per heavy atom. The third-order valence-corrected chi connectivity index (χ3v) is 2.67. The number of halogens is 4. The van der Waals surface area contributed by atoms with Crippen LogP contribution in [0.3, 0.4) is 0 Å². The third kappa shape index (κ3) is 2.27. The number of rotatable bonds is 3. The van der Waals surface area contributed by atoms with Crippen molar-refractivity contribution in [1.82, 2.24) is 4.90 Å². The first-order valence-corrected chi connectivity index (χ1v) is 5.30. The molecule has 1 saturated heterocycles. The van der Waals surface area contributed by atoms with Gasteiger partial charge in [-0.25, -0.2) is 0 Å². The van der Waals surface area contributed by atoms with E-state index in [1.54, 1.807) is 0 Å². The quantitative estimate of drug-likeness (QED) is 0.724. The Labute approximate surface area is 96.5 Å². The van der Waals surface area contributed by atoms with Crippen LogP contribution in [0.25, 0.3) is 0 Å². The highest BCUT2D eigenvalue weighted by Crippen LogP contribution is 2.41. The van der Waals surface area contributed by atoms with Gasteiger partial charge in [0.15, 0.2) is 5.60 Å². The minimum atomic E-state index is -4.46. The van der Waals surface area contributed by atoms with Gasteiger partial charge in [-0.15, -0.1) is 11.6 Å². The van der Waals surface area contributed by atoms with Crippen molar-refractivity contribution in [3.63, 3.8) is 0 Å². The summed E-state index contributed by atoms with van der Waals surface area (Å²) in [4.78, 5) is 12.4. The molecule has 1 amide bonds.